The topological polar surface area (TPSA) is 64.7 Å². The summed E-state index contributed by atoms with van der Waals surface area (Å²) in [7, 11) is 0. The molecular weight excluding hydrogens is 264 g/mol. The Labute approximate surface area is 119 Å². The molecule has 1 heterocycles. The van der Waals surface area contributed by atoms with Crippen molar-refractivity contribution in [2.24, 2.45) is 10.7 Å². The highest BCUT2D eigenvalue weighted by Gasteiger charge is 2.21. The van der Waals surface area contributed by atoms with Gasteiger partial charge >= 0.3 is 5.97 Å². The molecule has 0 saturated heterocycles. The molecule has 4 nitrogen and oxygen atoms in total. The number of hydrogen-bond donors (Lipinski definition) is 1. The number of halogens is 1. The fourth-order valence-electron chi connectivity index (χ4n) is 1.97. The van der Waals surface area contributed by atoms with Crippen molar-refractivity contribution in [3.63, 3.8) is 0 Å². The first-order chi connectivity index (χ1) is 8.75. The van der Waals surface area contributed by atoms with Crippen LogP contribution in [0.5, 0.6) is 0 Å². The van der Waals surface area contributed by atoms with Gasteiger partial charge in [-0.2, -0.15) is 0 Å². The second-order valence-corrected chi connectivity index (χ2v) is 4.48. The van der Waals surface area contributed by atoms with Crippen LogP contribution in [-0.4, -0.2) is 17.8 Å². The molecule has 1 aliphatic heterocycles. The maximum atomic E-state index is 11.9. The minimum atomic E-state index is -0.420. The lowest BCUT2D eigenvalue weighted by Crippen LogP contribution is -2.23. The number of ether oxygens (including phenoxy) is 1. The van der Waals surface area contributed by atoms with Crippen molar-refractivity contribution in [1.82, 2.24) is 0 Å². The normalized spacial score (nSPS) is 18.7. The standard InChI is InChI=1S/C14H18N2O2.ClH/c15-13-9-5-4-8-12(16-13)14(17)18-10-11-6-2-1-3-7-11;/h1-3,6-7,12H,4-5,8-10H2,(H2,15,16);1H. The molecule has 1 atom stereocenters. The highest BCUT2D eigenvalue weighted by molar-refractivity contribution is 5.85. The maximum absolute atomic E-state index is 11.9. The van der Waals surface area contributed by atoms with Crippen molar-refractivity contribution in [3.8, 4) is 0 Å². The number of carbonyl (C=O) groups excluding carboxylic acids is 1. The van der Waals surface area contributed by atoms with Gasteiger partial charge < -0.3 is 10.5 Å². The molecule has 5 heteroatoms. The van der Waals surface area contributed by atoms with E-state index in [1.807, 2.05) is 30.3 Å². The van der Waals surface area contributed by atoms with E-state index in [1.54, 1.807) is 0 Å². The van der Waals surface area contributed by atoms with E-state index in [1.165, 1.54) is 0 Å². The average Bonchev–Trinajstić information content (AvgIpc) is 2.62. The number of rotatable bonds is 3. The summed E-state index contributed by atoms with van der Waals surface area (Å²) in [6.07, 6.45) is 3.48. The molecule has 104 valence electrons. The van der Waals surface area contributed by atoms with Gasteiger partial charge in [0.1, 0.15) is 12.6 Å². The van der Waals surface area contributed by atoms with Crippen LogP contribution >= 0.6 is 12.4 Å². The SMILES string of the molecule is Cl.NC1=NC(C(=O)OCc2ccccc2)CCCC1. The van der Waals surface area contributed by atoms with Crippen LogP contribution in [0, 0.1) is 0 Å². The quantitative estimate of drug-likeness (QED) is 0.866. The minimum Gasteiger partial charge on any atom is -0.459 e. The number of benzene rings is 1. The van der Waals surface area contributed by atoms with Crippen LogP contribution in [0.4, 0.5) is 0 Å². The molecule has 2 N–H and O–H groups in total. The fraction of sp³-hybridized carbons (Fsp3) is 0.429. The molecule has 1 aliphatic rings. The van der Waals surface area contributed by atoms with Crippen LogP contribution in [-0.2, 0) is 16.1 Å². The van der Waals surface area contributed by atoms with Crippen molar-refractivity contribution in [1.29, 1.82) is 0 Å². The van der Waals surface area contributed by atoms with Crippen LogP contribution in [0.25, 0.3) is 0 Å². The summed E-state index contributed by atoms with van der Waals surface area (Å²) in [5.74, 6) is 0.290. The van der Waals surface area contributed by atoms with E-state index >= 15 is 0 Å². The van der Waals surface area contributed by atoms with E-state index in [0.29, 0.717) is 12.4 Å². The summed E-state index contributed by atoms with van der Waals surface area (Å²) in [6, 6.07) is 9.21. The number of esters is 1. The Morgan fingerprint density at radius 3 is 2.79 bits per heavy atom. The molecule has 0 aliphatic carbocycles. The van der Waals surface area contributed by atoms with Crippen molar-refractivity contribution in [3.05, 3.63) is 35.9 Å². The fourth-order valence-corrected chi connectivity index (χ4v) is 1.97. The zero-order valence-corrected chi connectivity index (χ0v) is 11.6. The largest absolute Gasteiger partial charge is 0.459 e. The molecule has 1 unspecified atom stereocenters. The molecule has 0 spiro atoms. The molecule has 19 heavy (non-hydrogen) atoms. The highest BCUT2D eigenvalue weighted by Crippen LogP contribution is 2.14. The van der Waals surface area contributed by atoms with Gasteiger partial charge in [0, 0.05) is 6.42 Å². The molecule has 0 amide bonds. The predicted octanol–water partition coefficient (Wildman–Crippen LogP) is 2.45. The Kier molecular flexibility index (Phi) is 6.36. The van der Waals surface area contributed by atoms with E-state index in [0.717, 1.165) is 31.2 Å². The maximum Gasteiger partial charge on any atom is 0.331 e. The highest BCUT2D eigenvalue weighted by atomic mass is 35.5. The monoisotopic (exact) mass is 282 g/mol. The van der Waals surface area contributed by atoms with Gasteiger partial charge in [-0.05, 0) is 18.4 Å². The smallest absolute Gasteiger partial charge is 0.331 e. The second kappa shape index (κ2) is 7.79. The van der Waals surface area contributed by atoms with Crippen molar-refractivity contribution >= 4 is 24.2 Å². The van der Waals surface area contributed by atoms with Crippen LogP contribution in [0.3, 0.4) is 0 Å². The van der Waals surface area contributed by atoms with Gasteiger partial charge in [-0.25, -0.2) is 4.79 Å². The first-order valence-corrected chi connectivity index (χ1v) is 6.28. The van der Waals surface area contributed by atoms with Gasteiger partial charge in [0.15, 0.2) is 0 Å². The zero-order chi connectivity index (χ0) is 12.8. The Morgan fingerprint density at radius 2 is 2.05 bits per heavy atom. The lowest BCUT2D eigenvalue weighted by molar-refractivity contribution is -0.146. The van der Waals surface area contributed by atoms with E-state index in [2.05, 4.69) is 4.99 Å². The van der Waals surface area contributed by atoms with Gasteiger partial charge in [0.05, 0.1) is 5.84 Å². The summed E-state index contributed by atoms with van der Waals surface area (Å²) in [5.41, 5.74) is 6.70. The van der Waals surface area contributed by atoms with E-state index in [9.17, 15) is 4.79 Å². The molecule has 0 aromatic heterocycles. The first kappa shape index (κ1) is 15.5. The van der Waals surface area contributed by atoms with E-state index in [-0.39, 0.29) is 18.4 Å². The van der Waals surface area contributed by atoms with E-state index < -0.39 is 6.04 Å². The van der Waals surface area contributed by atoms with Crippen LogP contribution in [0.15, 0.2) is 35.3 Å². The van der Waals surface area contributed by atoms with Gasteiger partial charge in [-0.1, -0.05) is 36.8 Å². The molecule has 2 rings (SSSR count). The molecule has 0 radical (unpaired) electrons. The Bertz CT molecular complexity index is 434. The lowest BCUT2D eigenvalue weighted by atomic mass is 10.1. The number of nitrogens with zero attached hydrogens (tertiary/aromatic N) is 1. The summed E-state index contributed by atoms with van der Waals surface area (Å²) in [6.45, 7) is 0.297. The van der Waals surface area contributed by atoms with Gasteiger partial charge in [-0.3, -0.25) is 4.99 Å². The predicted molar refractivity (Wildman–Crippen MR) is 77.4 cm³/mol. The Hall–Kier alpha value is -1.55. The Morgan fingerprint density at radius 1 is 1.32 bits per heavy atom. The van der Waals surface area contributed by atoms with Gasteiger partial charge in [-0.15, -0.1) is 12.4 Å². The average molecular weight is 283 g/mol. The molecule has 1 aromatic rings. The van der Waals surface area contributed by atoms with Crippen molar-refractivity contribution < 1.29 is 9.53 Å². The Balaban J connectivity index is 0.00000180. The summed E-state index contributed by atoms with van der Waals surface area (Å²) >= 11 is 0. The molecule has 0 fully saturated rings. The number of nitrogens with two attached hydrogens (primary N) is 1. The zero-order valence-electron chi connectivity index (χ0n) is 10.7. The van der Waals surface area contributed by atoms with E-state index in [4.69, 9.17) is 10.5 Å². The van der Waals surface area contributed by atoms with Crippen molar-refractivity contribution in [2.75, 3.05) is 0 Å². The number of amidine groups is 1. The van der Waals surface area contributed by atoms with Gasteiger partial charge in [0.2, 0.25) is 0 Å². The minimum absolute atomic E-state index is 0. The van der Waals surface area contributed by atoms with Crippen LogP contribution in [0.1, 0.15) is 31.2 Å². The third-order valence-corrected chi connectivity index (χ3v) is 2.98. The molecular formula is C14H19ClN2O2. The number of carbonyl (C=O) groups is 1. The van der Waals surface area contributed by atoms with Crippen molar-refractivity contribution in [2.45, 2.75) is 38.3 Å². The number of hydrogen-bond acceptors (Lipinski definition) is 4. The summed E-state index contributed by atoms with van der Waals surface area (Å²) in [5, 5.41) is 0. The van der Waals surface area contributed by atoms with Crippen LogP contribution in [0.2, 0.25) is 0 Å². The first-order valence-electron chi connectivity index (χ1n) is 6.28. The van der Waals surface area contributed by atoms with Crippen LogP contribution < -0.4 is 5.73 Å². The molecule has 1 aromatic carbocycles. The summed E-state index contributed by atoms with van der Waals surface area (Å²) in [4.78, 5) is 16.1. The molecule has 0 bridgehead atoms. The van der Waals surface area contributed by atoms with Gasteiger partial charge in [0.25, 0.3) is 0 Å². The number of aliphatic imine (C=N–C) groups is 1. The summed E-state index contributed by atoms with van der Waals surface area (Å²) < 4.78 is 5.27. The lowest BCUT2D eigenvalue weighted by Gasteiger charge is -2.10. The third-order valence-electron chi connectivity index (χ3n) is 2.98. The molecule has 0 saturated carbocycles. The third kappa shape index (κ3) is 4.91. The second-order valence-electron chi connectivity index (χ2n) is 4.48.